The minimum absolute atomic E-state index is 0.0249. The number of methoxy groups -OCH3 is 1. The van der Waals surface area contributed by atoms with Gasteiger partial charge < -0.3 is 25.4 Å². The number of carboxylic acid groups (broad SMARTS) is 1. The van der Waals surface area contributed by atoms with E-state index in [1.807, 2.05) is 4.90 Å². The maximum absolute atomic E-state index is 14.3. The van der Waals surface area contributed by atoms with E-state index in [-0.39, 0.29) is 13.2 Å². The van der Waals surface area contributed by atoms with E-state index in [0.29, 0.717) is 25.3 Å². The maximum Gasteiger partial charge on any atom is 0.326 e. The molecule has 0 fully saturated rings. The minimum atomic E-state index is -1.12. The fourth-order valence-corrected chi connectivity index (χ4v) is 4.15. The summed E-state index contributed by atoms with van der Waals surface area (Å²) in [7, 11) is 1.48. The number of hydrogen-bond acceptors (Lipinski definition) is 7. The monoisotopic (exact) mass is 473 g/mol. The molecule has 0 saturated carbocycles. The summed E-state index contributed by atoms with van der Waals surface area (Å²) in [5, 5.41) is 15.9. The molecule has 0 spiro atoms. The number of aryl methyl sites for hydroxylation is 2. The molecule has 3 heterocycles. The van der Waals surface area contributed by atoms with Gasteiger partial charge in [-0.15, -0.1) is 0 Å². The Morgan fingerprint density at radius 3 is 2.94 bits per heavy atom. The second-order valence-electron chi connectivity index (χ2n) is 8.69. The Hall–Kier alpha value is -2.78. The van der Waals surface area contributed by atoms with Crippen LogP contribution in [-0.4, -0.2) is 78.1 Å². The average Bonchev–Trinajstić information content (AvgIpc) is 2.84. The largest absolute Gasteiger partial charge is 0.480 e. The van der Waals surface area contributed by atoms with Crippen molar-refractivity contribution in [3.8, 4) is 0 Å². The lowest BCUT2D eigenvalue weighted by Crippen LogP contribution is -2.38. The van der Waals surface area contributed by atoms with Crippen molar-refractivity contribution in [2.75, 3.05) is 50.5 Å². The van der Waals surface area contributed by atoms with Gasteiger partial charge in [-0.25, -0.2) is 19.2 Å². The molecule has 1 aliphatic rings. The van der Waals surface area contributed by atoms with Crippen LogP contribution in [0.1, 0.15) is 36.9 Å². The smallest absolute Gasteiger partial charge is 0.326 e. The summed E-state index contributed by atoms with van der Waals surface area (Å²) in [5.41, 5.74) is 2.34. The van der Waals surface area contributed by atoms with E-state index in [1.165, 1.54) is 12.7 Å². The summed E-state index contributed by atoms with van der Waals surface area (Å²) in [4.78, 5) is 22.6. The summed E-state index contributed by atoms with van der Waals surface area (Å²) in [6.45, 7) is 2.35. The van der Waals surface area contributed by atoms with Gasteiger partial charge in [-0.2, -0.15) is 0 Å². The molecule has 2 atom stereocenters. The highest BCUT2D eigenvalue weighted by atomic mass is 19.1. The van der Waals surface area contributed by atoms with E-state index < -0.39 is 18.2 Å². The molecule has 3 rings (SSSR count). The van der Waals surface area contributed by atoms with E-state index in [1.54, 1.807) is 24.4 Å². The highest BCUT2D eigenvalue weighted by Crippen LogP contribution is 2.20. The number of aliphatic carboxylic acids is 1. The summed E-state index contributed by atoms with van der Waals surface area (Å²) < 4.78 is 19.2. The van der Waals surface area contributed by atoms with Gasteiger partial charge in [0, 0.05) is 38.6 Å². The van der Waals surface area contributed by atoms with Crippen LogP contribution in [0.25, 0.3) is 0 Å². The van der Waals surface area contributed by atoms with E-state index in [4.69, 9.17) is 9.72 Å². The van der Waals surface area contributed by atoms with E-state index >= 15 is 0 Å². The van der Waals surface area contributed by atoms with Gasteiger partial charge in [-0.1, -0.05) is 12.1 Å². The molecule has 8 nitrogen and oxygen atoms in total. The Morgan fingerprint density at radius 1 is 1.29 bits per heavy atom. The number of carbonyl (C=O) groups is 1. The molecule has 3 N–H and O–H groups in total. The fourth-order valence-electron chi connectivity index (χ4n) is 4.15. The molecule has 186 valence electrons. The predicted molar refractivity (Wildman–Crippen MR) is 131 cm³/mol. The number of aromatic nitrogens is 2. The number of ether oxygens (including phenoxy) is 1. The Balaban J connectivity index is 1.50. The van der Waals surface area contributed by atoms with Crippen LogP contribution in [0.4, 0.5) is 16.0 Å². The van der Waals surface area contributed by atoms with Gasteiger partial charge >= 0.3 is 5.97 Å². The average molecular weight is 474 g/mol. The first kappa shape index (κ1) is 25.8. The van der Waals surface area contributed by atoms with Gasteiger partial charge in [-0.3, -0.25) is 0 Å². The Bertz CT molecular complexity index is 886. The second kappa shape index (κ2) is 13.8. The lowest BCUT2D eigenvalue weighted by molar-refractivity contribution is -0.138. The van der Waals surface area contributed by atoms with Crippen molar-refractivity contribution in [3.63, 3.8) is 0 Å². The standard InChI is InChI=1S/C25H36FN5O3/c1-34-18-20(26)17-31(16-12-22(25(32)33)30-23-9-2-4-13-27-23)15-5-3-8-21-11-10-19-7-6-14-28-24(19)29-21/h2,4,9-11,13,20,22H,3,5-8,12,14-18H2,1H3,(H,27,30)(H,28,29)(H,32,33). The molecule has 0 aliphatic carbocycles. The number of hydrogen-bond donors (Lipinski definition) is 3. The molecule has 9 heteroatoms. The third-order valence-electron chi connectivity index (χ3n) is 5.93. The molecule has 0 bridgehead atoms. The molecule has 0 aromatic carbocycles. The number of fused-ring (bicyclic) bond motifs is 1. The first-order chi connectivity index (χ1) is 16.5. The zero-order valence-corrected chi connectivity index (χ0v) is 19.9. The van der Waals surface area contributed by atoms with Gasteiger partial charge in [0.1, 0.15) is 23.8 Å². The van der Waals surface area contributed by atoms with Crippen LogP contribution in [-0.2, 0) is 22.4 Å². The summed E-state index contributed by atoms with van der Waals surface area (Å²) in [6.07, 6.45) is 5.70. The van der Waals surface area contributed by atoms with Crippen molar-refractivity contribution in [2.45, 2.75) is 50.7 Å². The highest BCUT2D eigenvalue weighted by Gasteiger charge is 2.21. The normalized spacial score (nSPS) is 14.8. The molecule has 2 aromatic heterocycles. The van der Waals surface area contributed by atoms with Crippen molar-refractivity contribution in [2.24, 2.45) is 0 Å². The molecule has 2 aromatic rings. The van der Waals surface area contributed by atoms with Crippen LogP contribution in [0, 0.1) is 0 Å². The van der Waals surface area contributed by atoms with Gasteiger partial charge in [0.25, 0.3) is 0 Å². The van der Waals surface area contributed by atoms with Gasteiger partial charge in [0.05, 0.1) is 6.61 Å². The van der Waals surface area contributed by atoms with E-state index in [2.05, 4.69) is 27.8 Å². The van der Waals surface area contributed by atoms with E-state index in [0.717, 1.165) is 50.2 Å². The Morgan fingerprint density at radius 2 is 2.18 bits per heavy atom. The SMILES string of the molecule is COCC(F)CN(CCCCc1ccc2c(n1)NCCC2)CCC(Nc1ccccn1)C(=O)O. The summed E-state index contributed by atoms with van der Waals surface area (Å²) in [5.74, 6) is 0.563. The van der Waals surface area contributed by atoms with Crippen molar-refractivity contribution < 1.29 is 19.0 Å². The zero-order chi connectivity index (χ0) is 24.2. The predicted octanol–water partition coefficient (Wildman–Crippen LogP) is 3.40. The third kappa shape index (κ3) is 8.53. The van der Waals surface area contributed by atoms with Crippen LogP contribution in [0.5, 0.6) is 0 Å². The number of alkyl halides is 1. The van der Waals surface area contributed by atoms with Crippen molar-refractivity contribution in [3.05, 3.63) is 47.8 Å². The lowest BCUT2D eigenvalue weighted by atomic mass is 10.1. The Kier molecular flexibility index (Phi) is 10.5. The van der Waals surface area contributed by atoms with Gasteiger partial charge in [-0.05, 0) is 68.8 Å². The number of halogens is 1. The molecular formula is C25H36FN5O3. The third-order valence-corrected chi connectivity index (χ3v) is 5.93. The van der Waals surface area contributed by atoms with Gasteiger partial charge in [0.2, 0.25) is 0 Å². The molecular weight excluding hydrogens is 437 g/mol. The quantitative estimate of drug-likeness (QED) is 0.339. The van der Waals surface area contributed by atoms with Crippen LogP contribution >= 0.6 is 0 Å². The van der Waals surface area contributed by atoms with Crippen LogP contribution < -0.4 is 10.6 Å². The number of carboxylic acids is 1. The number of pyridine rings is 2. The maximum atomic E-state index is 14.3. The molecule has 2 unspecified atom stereocenters. The number of unbranched alkanes of at least 4 members (excludes halogenated alkanes) is 1. The van der Waals surface area contributed by atoms with Crippen LogP contribution in [0.3, 0.4) is 0 Å². The lowest BCUT2D eigenvalue weighted by Gasteiger charge is -2.26. The molecule has 1 aliphatic heterocycles. The number of nitrogens with one attached hydrogen (secondary N) is 2. The number of anilines is 2. The van der Waals surface area contributed by atoms with Crippen LogP contribution in [0.15, 0.2) is 36.5 Å². The molecule has 34 heavy (non-hydrogen) atoms. The minimum Gasteiger partial charge on any atom is -0.480 e. The van der Waals surface area contributed by atoms with Crippen molar-refractivity contribution in [1.29, 1.82) is 0 Å². The summed E-state index contributed by atoms with van der Waals surface area (Å²) >= 11 is 0. The van der Waals surface area contributed by atoms with Crippen molar-refractivity contribution >= 4 is 17.6 Å². The zero-order valence-electron chi connectivity index (χ0n) is 19.9. The first-order valence-electron chi connectivity index (χ1n) is 12.0. The van der Waals surface area contributed by atoms with E-state index in [9.17, 15) is 14.3 Å². The highest BCUT2D eigenvalue weighted by molar-refractivity contribution is 5.76. The molecule has 0 amide bonds. The summed E-state index contributed by atoms with van der Waals surface area (Å²) in [6, 6.07) is 8.76. The Labute approximate surface area is 200 Å². The van der Waals surface area contributed by atoms with Crippen LogP contribution in [0.2, 0.25) is 0 Å². The van der Waals surface area contributed by atoms with Gasteiger partial charge in [0.15, 0.2) is 0 Å². The topological polar surface area (TPSA) is 99.6 Å². The molecule has 0 saturated heterocycles. The molecule has 0 radical (unpaired) electrons. The fraction of sp³-hybridized carbons (Fsp3) is 0.560. The first-order valence-corrected chi connectivity index (χ1v) is 12.0. The second-order valence-corrected chi connectivity index (χ2v) is 8.69. The number of rotatable bonds is 15. The van der Waals surface area contributed by atoms with Crippen molar-refractivity contribution in [1.82, 2.24) is 14.9 Å². The number of nitrogens with zero attached hydrogens (tertiary/aromatic N) is 3.